The van der Waals surface area contributed by atoms with E-state index in [1.54, 1.807) is 11.9 Å². The number of aryl methyl sites for hydroxylation is 2. The lowest BCUT2D eigenvalue weighted by atomic mass is 10.1. The molecule has 0 unspecified atom stereocenters. The molecule has 2 nitrogen and oxygen atoms in total. The van der Waals surface area contributed by atoms with Crippen LogP contribution in [0.4, 0.5) is 0 Å². The third-order valence-corrected chi connectivity index (χ3v) is 3.14. The highest BCUT2D eigenvalue weighted by Gasteiger charge is 2.06. The number of carbonyl (C=O) groups is 1. The van der Waals surface area contributed by atoms with E-state index in [1.165, 1.54) is 11.1 Å². The minimum Gasteiger partial charge on any atom is -0.331 e. The van der Waals surface area contributed by atoms with Crippen molar-refractivity contribution >= 4 is 5.91 Å². The van der Waals surface area contributed by atoms with Crippen LogP contribution in [0.3, 0.4) is 0 Å². The topological polar surface area (TPSA) is 20.3 Å². The van der Waals surface area contributed by atoms with E-state index in [9.17, 15) is 4.79 Å². The molecule has 1 amide bonds. The molecule has 106 valence electrons. The lowest BCUT2D eigenvalue weighted by molar-refractivity contribution is -0.124. The Morgan fingerprint density at radius 1 is 1.05 bits per heavy atom. The van der Waals surface area contributed by atoms with E-state index in [2.05, 4.69) is 43.9 Å². The van der Waals surface area contributed by atoms with Crippen molar-refractivity contribution < 1.29 is 4.79 Å². The van der Waals surface area contributed by atoms with E-state index in [1.807, 2.05) is 30.3 Å². The molecule has 0 saturated heterocycles. The smallest absolute Gasteiger partial charge is 0.298 e. The second kappa shape index (κ2) is 6.76. The van der Waals surface area contributed by atoms with Gasteiger partial charge in [-0.2, -0.15) is 0 Å². The summed E-state index contributed by atoms with van der Waals surface area (Å²) in [6, 6.07) is 15.9. The Kier molecular flexibility index (Phi) is 4.79. The van der Waals surface area contributed by atoms with Crippen LogP contribution in [-0.4, -0.2) is 17.9 Å². The standard InChI is InChI=1S/C19H19NO/c1-15-11-16(2)13-18(12-15)14-20(3)19(21)10-9-17-7-5-4-6-8-17/h4-8,11-13H,14H2,1-3H3. The fourth-order valence-electron chi connectivity index (χ4n) is 2.25. The number of hydrogen-bond donors (Lipinski definition) is 0. The Morgan fingerprint density at radius 3 is 2.29 bits per heavy atom. The van der Waals surface area contributed by atoms with Crippen molar-refractivity contribution in [1.29, 1.82) is 0 Å². The molecule has 0 aliphatic carbocycles. The molecule has 21 heavy (non-hydrogen) atoms. The predicted octanol–water partition coefficient (Wildman–Crippen LogP) is 3.31. The van der Waals surface area contributed by atoms with E-state index in [0.717, 1.165) is 11.1 Å². The van der Waals surface area contributed by atoms with E-state index < -0.39 is 0 Å². The van der Waals surface area contributed by atoms with E-state index >= 15 is 0 Å². The third kappa shape index (κ3) is 4.50. The zero-order valence-electron chi connectivity index (χ0n) is 12.7. The van der Waals surface area contributed by atoms with Crippen molar-refractivity contribution in [2.75, 3.05) is 7.05 Å². The normalized spacial score (nSPS) is 9.67. The summed E-state index contributed by atoms with van der Waals surface area (Å²) in [7, 11) is 1.78. The molecule has 0 aliphatic rings. The number of benzene rings is 2. The van der Waals surface area contributed by atoms with Crippen molar-refractivity contribution in [3.8, 4) is 11.8 Å². The van der Waals surface area contributed by atoms with Gasteiger partial charge in [0.15, 0.2) is 0 Å². The van der Waals surface area contributed by atoms with Gasteiger partial charge < -0.3 is 4.90 Å². The van der Waals surface area contributed by atoms with Crippen molar-refractivity contribution in [1.82, 2.24) is 4.90 Å². The van der Waals surface area contributed by atoms with Crippen LogP contribution in [0, 0.1) is 25.7 Å². The average Bonchev–Trinajstić information content (AvgIpc) is 2.44. The van der Waals surface area contributed by atoms with Gasteiger partial charge in [-0.1, -0.05) is 53.4 Å². The summed E-state index contributed by atoms with van der Waals surface area (Å²) >= 11 is 0. The van der Waals surface area contributed by atoms with Crippen LogP contribution in [0.25, 0.3) is 0 Å². The van der Waals surface area contributed by atoms with Crippen LogP contribution in [0.5, 0.6) is 0 Å². The fourth-order valence-corrected chi connectivity index (χ4v) is 2.25. The Balaban J connectivity index is 2.05. The number of hydrogen-bond acceptors (Lipinski definition) is 1. The molecule has 0 aromatic heterocycles. The summed E-state index contributed by atoms with van der Waals surface area (Å²) in [5.41, 5.74) is 4.40. The molecule has 0 fully saturated rings. The Morgan fingerprint density at radius 2 is 1.67 bits per heavy atom. The van der Waals surface area contributed by atoms with Gasteiger partial charge in [-0.15, -0.1) is 0 Å². The maximum atomic E-state index is 12.0. The summed E-state index contributed by atoms with van der Waals surface area (Å²) in [6.07, 6.45) is 0. The lowest BCUT2D eigenvalue weighted by Crippen LogP contribution is -2.24. The first-order chi connectivity index (χ1) is 10.0. The first-order valence-corrected chi connectivity index (χ1v) is 6.94. The molecule has 0 N–H and O–H groups in total. The summed E-state index contributed by atoms with van der Waals surface area (Å²) in [4.78, 5) is 13.7. The van der Waals surface area contributed by atoms with Crippen LogP contribution in [-0.2, 0) is 11.3 Å². The molecular formula is C19H19NO. The van der Waals surface area contributed by atoms with Crippen molar-refractivity contribution in [3.05, 3.63) is 70.8 Å². The molecule has 0 bridgehead atoms. The molecule has 0 radical (unpaired) electrons. The minimum absolute atomic E-state index is 0.169. The van der Waals surface area contributed by atoms with Crippen LogP contribution >= 0.6 is 0 Å². The average molecular weight is 277 g/mol. The van der Waals surface area contributed by atoms with Gasteiger partial charge in [-0.3, -0.25) is 4.79 Å². The molecule has 2 rings (SSSR count). The van der Waals surface area contributed by atoms with Gasteiger partial charge in [0.05, 0.1) is 0 Å². The van der Waals surface area contributed by atoms with Gasteiger partial charge in [-0.05, 0) is 31.5 Å². The molecule has 0 aliphatic heterocycles. The van der Waals surface area contributed by atoms with Crippen molar-refractivity contribution in [2.45, 2.75) is 20.4 Å². The number of rotatable bonds is 2. The van der Waals surface area contributed by atoms with E-state index in [0.29, 0.717) is 6.54 Å². The summed E-state index contributed by atoms with van der Waals surface area (Å²) < 4.78 is 0. The minimum atomic E-state index is -0.169. The second-order valence-electron chi connectivity index (χ2n) is 5.27. The summed E-state index contributed by atoms with van der Waals surface area (Å²) in [5.74, 6) is 5.41. The van der Waals surface area contributed by atoms with Gasteiger partial charge >= 0.3 is 0 Å². The summed E-state index contributed by atoms with van der Waals surface area (Å²) in [6.45, 7) is 4.70. The molecule has 0 atom stereocenters. The molecular weight excluding hydrogens is 258 g/mol. The molecule has 0 saturated carbocycles. The Labute approximate surface area is 126 Å². The van der Waals surface area contributed by atoms with Crippen molar-refractivity contribution in [2.24, 2.45) is 0 Å². The van der Waals surface area contributed by atoms with Gasteiger partial charge in [-0.25, -0.2) is 0 Å². The SMILES string of the molecule is Cc1cc(C)cc(CN(C)C(=O)C#Cc2ccccc2)c1. The van der Waals surface area contributed by atoms with Crippen LogP contribution in [0.1, 0.15) is 22.3 Å². The van der Waals surface area contributed by atoms with Gasteiger partial charge in [0.1, 0.15) is 0 Å². The fraction of sp³-hybridized carbons (Fsp3) is 0.211. The number of nitrogens with zero attached hydrogens (tertiary/aromatic N) is 1. The maximum absolute atomic E-state index is 12.0. The lowest BCUT2D eigenvalue weighted by Gasteiger charge is -2.14. The quantitative estimate of drug-likeness (QED) is 0.771. The highest BCUT2D eigenvalue weighted by Crippen LogP contribution is 2.10. The second-order valence-corrected chi connectivity index (χ2v) is 5.27. The predicted molar refractivity (Wildman–Crippen MR) is 85.7 cm³/mol. The van der Waals surface area contributed by atoms with Crippen molar-refractivity contribution in [3.63, 3.8) is 0 Å². The van der Waals surface area contributed by atoms with Crippen LogP contribution in [0.2, 0.25) is 0 Å². The molecule has 2 aromatic carbocycles. The third-order valence-electron chi connectivity index (χ3n) is 3.14. The first kappa shape index (κ1) is 14.9. The van der Waals surface area contributed by atoms with E-state index in [4.69, 9.17) is 0 Å². The monoisotopic (exact) mass is 277 g/mol. The van der Waals surface area contributed by atoms with E-state index in [-0.39, 0.29) is 5.91 Å². The molecule has 2 aromatic rings. The molecule has 0 heterocycles. The largest absolute Gasteiger partial charge is 0.331 e. The molecule has 2 heteroatoms. The summed E-state index contributed by atoms with van der Waals surface area (Å²) in [5, 5.41) is 0. The van der Waals surface area contributed by atoms with Gasteiger partial charge in [0, 0.05) is 25.1 Å². The first-order valence-electron chi connectivity index (χ1n) is 6.94. The number of carbonyl (C=O) groups excluding carboxylic acids is 1. The highest BCUT2D eigenvalue weighted by atomic mass is 16.2. The Bertz CT molecular complexity index is 672. The van der Waals surface area contributed by atoms with Crippen LogP contribution < -0.4 is 0 Å². The van der Waals surface area contributed by atoms with Gasteiger partial charge in [0.25, 0.3) is 5.91 Å². The maximum Gasteiger partial charge on any atom is 0.298 e. The molecule has 0 spiro atoms. The number of amides is 1. The van der Waals surface area contributed by atoms with Gasteiger partial charge in [0.2, 0.25) is 0 Å². The highest BCUT2D eigenvalue weighted by molar-refractivity contribution is 5.93. The van der Waals surface area contributed by atoms with Crippen LogP contribution in [0.15, 0.2) is 48.5 Å². The zero-order chi connectivity index (χ0) is 15.2. The zero-order valence-corrected chi connectivity index (χ0v) is 12.7. The Hall–Kier alpha value is -2.53.